The van der Waals surface area contributed by atoms with Gasteiger partial charge in [0, 0.05) is 17.7 Å². The molecule has 0 spiro atoms. The second-order valence-electron chi connectivity index (χ2n) is 5.12. The average Bonchev–Trinajstić information content (AvgIpc) is 2.37. The molecule has 96 valence electrons. The Morgan fingerprint density at radius 1 is 1.33 bits per heavy atom. The van der Waals surface area contributed by atoms with Crippen LogP contribution in [0.4, 0.5) is 5.69 Å². The first-order valence-electron chi connectivity index (χ1n) is 6.10. The molecule has 1 heterocycles. The average molecular weight is 246 g/mol. The summed E-state index contributed by atoms with van der Waals surface area (Å²) in [6, 6.07) is 5.47. The molecule has 0 radical (unpaired) electrons. The Morgan fingerprint density at radius 3 is 2.72 bits per heavy atom. The number of ketones is 1. The summed E-state index contributed by atoms with van der Waals surface area (Å²) in [6.07, 6.45) is 1.18. The van der Waals surface area contributed by atoms with Crippen LogP contribution in [0.25, 0.3) is 0 Å². The standard InChI is InChI=1S/C14H18N2O2/c1-14(2,15-3)13(18)10-4-6-11-9(8-10)5-7-12(17)16-11/h4,6,8,15H,5,7H2,1-3H3,(H,16,17). The number of carbonyl (C=O) groups is 2. The molecule has 0 saturated carbocycles. The van der Waals surface area contributed by atoms with Crippen molar-refractivity contribution >= 4 is 17.4 Å². The van der Waals surface area contributed by atoms with Crippen molar-refractivity contribution in [2.75, 3.05) is 12.4 Å². The van der Waals surface area contributed by atoms with E-state index in [-0.39, 0.29) is 11.7 Å². The summed E-state index contributed by atoms with van der Waals surface area (Å²) in [5, 5.41) is 5.82. The Kier molecular flexibility index (Phi) is 3.22. The molecule has 0 bridgehead atoms. The van der Waals surface area contributed by atoms with Crippen LogP contribution < -0.4 is 10.6 Å². The van der Waals surface area contributed by atoms with Crippen molar-refractivity contribution in [3.05, 3.63) is 29.3 Å². The number of likely N-dealkylation sites (N-methyl/N-ethyl adjacent to an activating group) is 1. The maximum absolute atomic E-state index is 12.3. The zero-order valence-corrected chi connectivity index (χ0v) is 11.0. The fourth-order valence-electron chi connectivity index (χ4n) is 2.00. The van der Waals surface area contributed by atoms with Gasteiger partial charge in [0.2, 0.25) is 5.91 Å². The van der Waals surface area contributed by atoms with Crippen LogP contribution in [0.3, 0.4) is 0 Å². The Hall–Kier alpha value is -1.68. The van der Waals surface area contributed by atoms with Crippen molar-refractivity contribution in [3.8, 4) is 0 Å². The van der Waals surface area contributed by atoms with Crippen LogP contribution in [0.5, 0.6) is 0 Å². The normalized spacial score (nSPS) is 14.9. The molecule has 2 rings (SSSR count). The fourth-order valence-corrected chi connectivity index (χ4v) is 2.00. The number of fused-ring (bicyclic) bond motifs is 1. The third kappa shape index (κ3) is 2.29. The molecule has 2 N–H and O–H groups in total. The number of nitrogens with one attached hydrogen (secondary N) is 2. The minimum atomic E-state index is -0.577. The SMILES string of the molecule is CNC(C)(C)C(=O)c1ccc2c(c1)CCC(=O)N2. The molecule has 4 heteroatoms. The minimum Gasteiger partial charge on any atom is -0.326 e. The van der Waals surface area contributed by atoms with Crippen LogP contribution in [-0.4, -0.2) is 24.3 Å². The lowest BCUT2D eigenvalue weighted by Gasteiger charge is -2.24. The molecule has 1 aliphatic heterocycles. The Bertz CT molecular complexity index is 507. The number of anilines is 1. The predicted octanol–water partition coefficient (Wildman–Crippen LogP) is 1.75. The molecular formula is C14H18N2O2. The third-order valence-electron chi connectivity index (χ3n) is 3.46. The van der Waals surface area contributed by atoms with Crippen molar-refractivity contribution < 1.29 is 9.59 Å². The molecule has 0 fully saturated rings. The first-order valence-corrected chi connectivity index (χ1v) is 6.10. The number of Topliss-reactive ketones (excluding diaryl/α,β-unsaturated/α-hetero) is 1. The summed E-state index contributed by atoms with van der Waals surface area (Å²) in [7, 11) is 1.77. The molecule has 0 aliphatic carbocycles. The van der Waals surface area contributed by atoms with Crippen LogP contribution in [0.15, 0.2) is 18.2 Å². The largest absolute Gasteiger partial charge is 0.326 e. The second-order valence-corrected chi connectivity index (χ2v) is 5.12. The van der Waals surface area contributed by atoms with Crippen molar-refractivity contribution in [1.29, 1.82) is 0 Å². The molecule has 1 aromatic rings. The highest BCUT2D eigenvalue weighted by Gasteiger charge is 2.27. The van der Waals surface area contributed by atoms with E-state index in [9.17, 15) is 9.59 Å². The number of amides is 1. The highest BCUT2D eigenvalue weighted by Crippen LogP contribution is 2.25. The molecule has 0 aromatic heterocycles. The van der Waals surface area contributed by atoms with Crippen LogP contribution >= 0.6 is 0 Å². The Labute approximate surface area is 107 Å². The van der Waals surface area contributed by atoms with Crippen LogP contribution in [0.1, 0.15) is 36.2 Å². The summed E-state index contributed by atoms with van der Waals surface area (Å²) < 4.78 is 0. The van der Waals surface area contributed by atoms with Gasteiger partial charge in [0.25, 0.3) is 0 Å². The molecule has 18 heavy (non-hydrogen) atoms. The molecule has 0 unspecified atom stereocenters. The van der Waals surface area contributed by atoms with Gasteiger partial charge in [-0.15, -0.1) is 0 Å². The smallest absolute Gasteiger partial charge is 0.224 e. The van der Waals surface area contributed by atoms with Gasteiger partial charge in [-0.05, 0) is 51.1 Å². The predicted molar refractivity (Wildman–Crippen MR) is 70.9 cm³/mol. The van der Waals surface area contributed by atoms with Gasteiger partial charge in [-0.25, -0.2) is 0 Å². The Balaban J connectivity index is 2.32. The third-order valence-corrected chi connectivity index (χ3v) is 3.46. The van der Waals surface area contributed by atoms with Gasteiger partial charge < -0.3 is 10.6 Å². The lowest BCUT2D eigenvalue weighted by Crippen LogP contribution is -2.44. The second kappa shape index (κ2) is 4.53. The van der Waals surface area contributed by atoms with E-state index in [1.165, 1.54) is 0 Å². The summed E-state index contributed by atoms with van der Waals surface area (Å²) in [6.45, 7) is 3.72. The van der Waals surface area contributed by atoms with E-state index in [4.69, 9.17) is 0 Å². The van der Waals surface area contributed by atoms with E-state index in [2.05, 4.69) is 10.6 Å². The molecule has 1 aliphatic rings. The Morgan fingerprint density at radius 2 is 2.06 bits per heavy atom. The summed E-state index contributed by atoms with van der Waals surface area (Å²) in [5.74, 6) is 0.0989. The van der Waals surface area contributed by atoms with E-state index >= 15 is 0 Å². The van der Waals surface area contributed by atoms with E-state index in [0.29, 0.717) is 18.4 Å². The molecule has 0 atom stereocenters. The molecular weight excluding hydrogens is 228 g/mol. The highest BCUT2D eigenvalue weighted by molar-refractivity contribution is 6.04. The molecule has 1 amide bonds. The maximum Gasteiger partial charge on any atom is 0.224 e. The lowest BCUT2D eigenvalue weighted by atomic mass is 9.90. The van der Waals surface area contributed by atoms with E-state index in [1.54, 1.807) is 13.1 Å². The maximum atomic E-state index is 12.3. The van der Waals surface area contributed by atoms with E-state index in [0.717, 1.165) is 11.3 Å². The zero-order valence-electron chi connectivity index (χ0n) is 11.0. The van der Waals surface area contributed by atoms with Gasteiger partial charge >= 0.3 is 0 Å². The van der Waals surface area contributed by atoms with Crippen LogP contribution in [0, 0.1) is 0 Å². The summed E-state index contributed by atoms with van der Waals surface area (Å²) in [4.78, 5) is 23.6. The quantitative estimate of drug-likeness (QED) is 0.799. The van der Waals surface area contributed by atoms with Crippen molar-refractivity contribution in [1.82, 2.24) is 5.32 Å². The van der Waals surface area contributed by atoms with Crippen molar-refractivity contribution in [2.24, 2.45) is 0 Å². The number of benzene rings is 1. The highest BCUT2D eigenvalue weighted by atomic mass is 16.1. The fraction of sp³-hybridized carbons (Fsp3) is 0.429. The number of carbonyl (C=O) groups excluding carboxylic acids is 2. The number of rotatable bonds is 3. The number of hydrogen-bond donors (Lipinski definition) is 2. The van der Waals surface area contributed by atoms with Gasteiger partial charge in [0.1, 0.15) is 0 Å². The van der Waals surface area contributed by atoms with Crippen molar-refractivity contribution in [3.63, 3.8) is 0 Å². The summed E-state index contributed by atoms with van der Waals surface area (Å²) in [5.41, 5.74) is 1.97. The monoisotopic (exact) mass is 246 g/mol. The first kappa shape index (κ1) is 12.8. The first-order chi connectivity index (χ1) is 8.44. The summed E-state index contributed by atoms with van der Waals surface area (Å²) >= 11 is 0. The topological polar surface area (TPSA) is 58.2 Å². The van der Waals surface area contributed by atoms with Gasteiger partial charge in [0.05, 0.1) is 5.54 Å². The van der Waals surface area contributed by atoms with Crippen molar-refractivity contribution in [2.45, 2.75) is 32.2 Å². The minimum absolute atomic E-state index is 0.0390. The van der Waals surface area contributed by atoms with E-state index < -0.39 is 5.54 Å². The molecule has 4 nitrogen and oxygen atoms in total. The lowest BCUT2D eigenvalue weighted by molar-refractivity contribution is -0.116. The van der Waals surface area contributed by atoms with Crippen LogP contribution in [-0.2, 0) is 11.2 Å². The van der Waals surface area contributed by atoms with Gasteiger partial charge in [-0.1, -0.05) is 0 Å². The number of aryl methyl sites for hydroxylation is 1. The number of hydrogen-bond acceptors (Lipinski definition) is 3. The molecule has 1 aromatic carbocycles. The molecule has 0 saturated heterocycles. The zero-order chi connectivity index (χ0) is 13.3. The van der Waals surface area contributed by atoms with E-state index in [1.807, 2.05) is 26.0 Å². The van der Waals surface area contributed by atoms with Crippen LogP contribution in [0.2, 0.25) is 0 Å². The van der Waals surface area contributed by atoms with Gasteiger partial charge in [0.15, 0.2) is 5.78 Å². The van der Waals surface area contributed by atoms with Gasteiger partial charge in [-0.3, -0.25) is 9.59 Å². The van der Waals surface area contributed by atoms with Gasteiger partial charge in [-0.2, -0.15) is 0 Å².